The second-order valence-corrected chi connectivity index (χ2v) is 5.65. The van der Waals surface area contributed by atoms with E-state index in [9.17, 15) is 9.59 Å². The molecular formula is C11H15NO3S2. The molecule has 6 heteroatoms. The van der Waals surface area contributed by atoms with Crippen molar-refractivity contribution in [2.45, 2.75) is 17.6 Å². The predicted octanol–water partition coefficient (Wildman–Crippen LogP) is 2.16. The number of thiophene rings is 1. The quantitative estimate of drug-likeness (QED) is 0.773. The molecule has 0 aliphatic carbocycles. The van der Waals surface area contributed by atoms with E-state index in [2.05, 4.69) is 0 Å². The van der Waals surface area contributed by atoms with Crippen molar-refractivity contribution < 1.29 is 14.7 Å². The third-order valence-electron chi connectivity index (χ3n) is 2.01. The standard InChI is InChI=1S/C11H15NO3S2/c1-2-5-12(7-10(14)15)9(13)8-17-11-4-3-6-16-11/h3-4,6H,2,5,7-8H2,1H3,(H,14,15). The highest BCUT2D eigenvalue weighted by Gasteiger charge is 2.15. The van der Waals surface area contributed by atoms with Crippen LogP contribution in [-0.4, -0.2) is 40.7 Å². The van der Waals surface area contributed by atoms with Crippen molar-refractivity contribution in [3.05, 3.63) is 17.5 Å². The first-order valence-corrected chi connectivity index (χ1v) is 7.16. The summed E-state index contributed by atoms with van der Waals surface area (Å²) in [5.74, 6) is -0.783. The molecule has 0 saturated carbocycles. The summed E-state index contributed by atoms with van der Waals surface area (Å²) in [6.45, 7) is 2.21. The minimum atomic E-state index is -0.965. The van der Waals surface area contributed by atoms with Crippen molar-refractivity contribution >= 4 is 35.0 Å². The Kier molecular flexibility index (Phi) is 6.07. The van der Waals surface area contributed by atoms with Crippen molar-refractivity contribution in [1.82, 2.24) is 4.90 Å². The molecule has 17 heavy (non-hydrogen) atoms. The molecule has 0 aromatic carbocycles. The molecular weight excluding hydrogens is 258 g/mol. The summed E-state index contributed by atoms with van der Waals surface area (Å²) in [5.41, 5.74) is 0. The van der Waals surface area contributed by atoms with Crippen molar-refractivity contribution in [2.75, 3.05) is 18.8 Å². The Morgan fingerprint density at radius 3 is 2.82 bits per heavy atom. The number of carbonyl (C=O) groups excluding carboxylic acids is 1. The van der Waals surface area contributed by atoms with E-state index in [1.54, 1.807) is 11.3 Å². The summed E-state index contributed by atoms with van der Waals surface area (Å²) >= 11 is 3.03. The number of amides is 1. The monoisotopic (exact) mass is 273 g/mol. The van der Waals surface area contributed by atoms with Crippen molar-refractivity contribution in [3.63, 3.8) is 0 Å². The van der Waals surface area contributed by atoms with E-state index in [0.717, 1.165) is 10.6 Å². The van der Waals surface area contributed by atoms with E-state index in [1.165, 1.54) is 16.7 Å². The van der Waals surface area contributed by atoms with Gasteiger partial charge in [0.05, 0.1) is 9.96 Å². The van der Waals surface area contributed by atoms with Gasteiger partial charge < -0.3 is 10.0 Å². The molecule has 1 amide bonds. The highest BCUT2D eigenvalue weighted by molar-refractivity contribution is 8.01. The first-order chi connectivity index (χ1) is 8.13. The Labute approximate surface area is 109 Å². The van der Waals surface area contributed by atoms with Crippen LogP contribution in [0.5, 0.6) is 0 Å². The van der Waals surface area contributed by atoms with Gasteiger partial charge >= 0.3 is 5.97 Å². The summed E-state index contributed by atoms with van der Waals surface area (Å²) in [6, 6.07) is 3.88. The normalized spacial score (nSPS) is 10.2. The molecule has 1 heterocycles. The lowest BCUT2D eigenvalue weighted by atomic mass is 10.4. The number of thioether (sulfide) groups is 1. The highest BCUT2D eigenvalue weighted by atomic mass is 32.2. The summed E-state index contributed by atoms with van der Waals surface area (Å²) < 4.78 is 1.07. The molecule has 94 valence electrons. The Bertz CT molecular complexity index is 365. The number of carbonyl (C=O) groups is 2. The minimum absolute atomic E-state index is 0.118. The third-order valence-corrected chi connectivity index (χ3v) is 4.12. The SMILES string of the molecule is CCCN(CC(=O)O)C(=O)CSc1cccs1. The third kappa shape index (κ3) is 5.23. The molecule has 0 bridgehead atoms. The number of nitrogens with zero attached hydrogens (tertiary/aromatic N) is 1. The number of hydrogen-bond acceptors (Lipinski definition) is 4. The fraction of sp³-hybridized carbons (Fsp3) is 0.455. The summed E-state index contributed by atoms with van der Waals surface area (Å²) in [5, 5.41) is 10.7. The lowest BCUT2D eigenvalue weighted by molar-refractivity contribution is -0.143. The maximum absolute atomic E-state index is 11.8. The fourth-order valence-corrected chi connectivity index (χ4v) is 2.98. The zero-order chi connectivity index (χ0) is 12.7. The first kappa shape index (κ1) is 14.1. The second kappa shape index (κ2) is 7.34. The Morgan fingerprint density at radius 1 is 1.53 bits per heavy atom. The number of rotatable bonds is 7. The Hall–Kier alpha value is -1.01. The number of carboxylic acids is 1. The van der Waals surface area contributed by atoms with Crippen LogP contribution in [0.1, 0.15) is 13.3 Å². The molecule has 1 N–H and O–H groups in total. The summed E-state index contributed by atoms with van der Waals surface area (Å²) in [7, 11) is 0. The van der Waals surface area contributed by atoms with Crippen LogP contribution >= 0.6 is 23.1 Å². The maximum atomic E-state index is 11.8. The molecule has 1 aromatic heterocycles. The number of carboxylic acid groups (broad SMARTS) is 1. The molecule has 0 aliphatic heterocycles. The molecule has 0 atom stereocenters. The van der Waals surface area contributed by atoms with Gasteiger partial charge in [0.1, 0.15) is 6.54 Å². The van der Waals surface area contributed by atoms with Gasteiger partial charge in [-0.15, -0.1) is 23.1 Å². The fourth-order valence-electron chi connectivity index (χ4n) is 1.29. The second-order valence-electron chi connectivity index (χ2n) is 3.43. The molecule has 0 saturated heterocycles. The largest absolute Gasteiger partial charge is 0.480 e. The maximum Gasteiger partial charge on any atom is 0.323 e. The lowest BCUT2D eigenvalue weighted by Crippen LogP contribution is -2.37. The minimum Gasteiger partial charge on any atom is -0.480 e. The van der Waals surface area contributed by atoms with Crippen LogP contribution in [-0.2, 0) is 9.59 Å². The van der Waals surface area contributed by atoms with Crippen LogP contribution in [0, 0.1) is 0 Å². The highest BCUT2D eigenvalue weighted by Crippen LogP contribution is 2.23. The first-order valence-electron chi connectivity index (χ1n) is 5.29. The van der Waals surface area contributed by atoms with Gasteiger partial charge in [-0.05, 0) is 17.9 Å². The van der Waals surface area contributed by atoms with Crippen LogP contribution in [0.4, 0.5) is 0 Å². The molecule has 0 aliphatic rings. The van der Waals surface area contributed by atoms with Crippen LogP contribution in [0.25, 0.3) is 0 Å². The van der Waals surface area contributed by atoms with Gasteiger partial charge in [-0.2, -0.15) is 0 Å². The van der Waals surface area contributed by atoms with E-state index >= 15 is 0 Å². The van der Waals surface area contributed by atoms with Gasteiger partial charge in [-0.25, -0.2) is 0 Å². The zero-order valence-corrected chi connectivity index (χ0v) is 11.2. The van der Waals surface area contributed by atoms with Crippen LogP contribution < -0.4 is 0 Å². The van der Waals surface area contributed by atoms with E-state index in [-0.39, 0.29) is 12.5 Å². The lowest BCUT2D eigenvalue weighted by Gasteiger charge is -2.19. The molecule has 0 unspecified atom stereocenters. The molecule has 0 spiro atoms. The van der Waals surface area contributed by atoms with E-state index in [0.29, 0.717) is 12.3 Å². The van der Waals surface area contributed by atoms with Gasteiger partial charge in [0.15, 0.2) is 0 Å². The number of aliphatic carboxylic acids is 1. The molecule has 1 rings (SSSR count). The van der Waals surface area contributed by atoms with Gasteiger partial charge in [0.2, 0.25) is 5.91 Å². The molecule has 0 radical (unpaired) electrons. The van der Waals surface area contributed by atoms with E-state index in [1.807, 2.05) is 24.4 Å². The van der Waals surface area contributed by atoms with Crippen LogP contribution in [0.2, 0.25) is 0 Å². The van der Waals surface area contributed by atoms with Crippen molar-refractivity contribution in [1.29, 1.82) is 0 Å². The van der Waals surface area contributed by atoms with E-state index < -0.39 is 5.97 Å². The van der Waals surface area contributed by atoms with Gasteiger partial charge in [0.25, 0.3) is 0 Å². The zero-order valence-electron chi connectivity index (χ0n) is 9.59. The smallest absolute Gasteiger partial charge is 0.323 e. The van der Waals surface area contributed by atoms with Crippen molar-refractivity contribution in [2.24, 2.45) is 0 Å². The number of hydrogen-bond donors (Lipinski definition) is 1. The van der Waals surface area contributed by atoms with Crippen molar-refractivity contribution in [3.8, 4) is 0 Å². The molecule has 1 aromatic rings. The Morgan fingerprint density at radius 2 is 2.29 bits per heavy atom. The van der Waals surface area contributed by atoms with E-state index in [4.69, 9.17) is 5.11 Å². The Balaban J connectivity index is 2.44. The van der Waals surface area contributed by atoms with Gasteiger partial charge in [0, 0.05) is 6.54 Å². The van der Waals surface area contributed by atoms with Crippen LogP contribution in [0.15, 0.2) is 21.7 Å². The predicted molar refractivity (Wildman–Crippen MR) is 69.5 cm³/mol. The van der Waals surface area contributed by atoms with Gasteiger partial charge in [-0.3, -0.25) is 9.59 Å². The average Bonchev–Trinajstić information content (AvgIpc) is 2.77. The average molecular weight is 273 g/mol. The van der Waals surface area contributed by atoms with Crippen LogP contribution in [0.3, 0.4) is 0 Å². The molecule has 4 nitrogen and oxygen atoms in total. The molecule has 0 fully saturated rings. The summed E-state index contributed by atoms with van der Waals surface area (Å²) in [4.78, 5) is 23.8. The van der Waals surface area contributed by atoms with Gasteiger partial charge in [-0.1, -0.05) is 13.0 Å². The summed E-state index contributed by atoms with van der Waals surface area (Å²) in [6.07, 6.45) is 0.767. The topological polar surface area (TPSA) is 57.6 Å².